The van der Waals surface area contributed by atoms with Crippen LogP contribution in [0.25, 0.3) is 5.57 Å². The third-order valence-corrected chi connectivity index (χ3v) is 7.35. The van der Waals surface area contributed by atoms with Crippen molar-refractivity contribution in [2.45, 2.75) is 57.1 Å². The normalized spacial score (nSPS) is 16.5. The zero-order valence-electron chi connectivity index (χ0n) is 22.3. The number of amides is 1. The largest absolute Gasteiger partial charge is 0.460 e. The lowest BCUT2D eigenvalue weighted by Gasteiger charge is -2.22. The maximum absolute atomic E-state index is 13.2. The summed E-state index contributed by atoms with van der Waals surface area (Å²) in [6.45, 7) is 4.72. The molecular weight excluding hydrogens is 510 g/mol. The highest BCUT2D eigenvalue weighted by molar-refractivity contribution is 6.26. The summed E-state index contributed by atoms with van der Waals surface area (Å²) in [4.78, 5) is 13.2. The maximum atomic E-state index is 13.2. The van der Waals surface area contributed by atoms with Crippen molar-refractivity contribution in [2.75, 3.05) is 6.61 Å². The van der Waals surface area contributed by atoms with Crippen molar-refractivity contribution in [1.29, 1.82) is 5.26 Å². The van der Waals surface area contributed by atoms with Crippen LogP contribution in [0.5, 0.6) is 0 Å². The Hall–Kier alpha value is -3.63. The second-order valence-corrected chi connectivity index (χ2v) is 10.5. The van der Waals surface area contributed by atoms with E-state index in [-0.39, 0.29) is 24.6 Å². The van der Waals surface area contributed by atoms with Crippen molar-refractivity contribution >= 4 is 23.1 Å². The number of rotatable bonds is 11. The smallest absolute Gasteiger partial charge is 0.248 e. The van der Waals surface area contributed by atoms with E-state index in [9.17, 15) is 9.90 Å². The van der Waals surface area contributed by atoms with E-state index in [1.807, 2.05) is 30.3 Å². The summed E-state index contributed by atoms with van der Waals surface area (Å²) in [5, 5.41) is 24.7. The Kier molecular flexibility index (Phi) is 9.78. The lowest BCUT2D eigenvalue weighted by atomic mass is 9.96. The molecule has 3 aromatic rings. The number of carbonyl (C=O) groups is 1. The van der Waals surface area contributed by atoms with Crippen molar-refractivity contribution in [1.82, 2.24) is 10.6 Å². The van der Waals surface area contributed by atoms with Crippen molar-refractivity contribution in [2.24, 2.45) is 0 Å². The fourth-order valence-electron chi connectivity index (χ4n) is 4.56. The number of hydrogen-bond donors (Lipinski definition) is 3. The van der Waals surface area contributed by atoms with Gasteiger partial charge in [-0.25, -0.2) is 0 Å². The molecule has 0 fully saturated rings. The summed E-state index contributed by atoms with van der Waals surface area (Å²) >= 11 is 6.55. The van der Waals surface area contributed by atoms with Crippen LogP contribution in [0.15, 0.2) is 82.8 Å². The lowest BCUT2D eigenvalue weighted by Crippen LogP contribution is -2.39. The zero-order chi connectivity index (χ0) is 27.8. The Bertz CT molecular complexity index is 1370. The average Bonchev–Trinajstić information content (AvgIpc) is 3.42. The minimum atomic E-state index is -0.454. The summed E-state index contributed by atoms with van der Waals surface area (Å²) in [7, 11) is 0. The van der Waals surface area contributed by atoms with E-state index in [0.717, 1.165) is 16.9 Å². The molecule has 1 amide bonds. The van der Waals surface area contributed by atoms with Gasteiger partial charge >= 0.3 is 0 Å². The number of alkyl halides is 1. The number of halogens is 1. The molecule has 7 heteroatoms. The maximum Gasteiger partial charge on any atom is 0.248 e. The molecule has 4 rings (SSSR count). The van der Waals surface area contributed by atoms with Gasteiger partial charge in [-0.2, -0.15) is 5.26 Å². The average molecular weight is 544 g/mol. The molecule has 3 N–H and O–H groups in total. The van der Waals surface area contributed by atoms with Gasteiger partial charge in [0, 0.05) is 29.8 Å². The minimum absolute atomic E-state index is 0.0541. The number of nitrogens with zero attached hydrogens (tertiary/aromatic N) is 1. The first kappa shape index (κ1) is 28.4. The number of aryl methyl sites for hydroxylation is 1. The van der Waals surface area contributed by atoms with Crippen LogP contribution < -0.4 is 10.6 Å². The molecule has 0 spiro atoms. The van der Waals surface area contributed by atoms with Crippen molar-refractivity contribution in [3.63, 3.8) is 0 Å². The standard InChI is InChI=1S/C32H34ClN3O3/c1-21-3-9-25(10-4-21)22(2)35-20-28-12-14-31(39-28)26-11-13-30(33)29(18-26)32(38)36-27(15-16-37)17-23-5-7-24(19-34)8-6-23/h3-12,14,18,22,27,30,35,37H,13,15-17,20H2,1-2H3,(H,36,38)/t22-,27+,30?/m1/s1. The number of nitrogens with one attached hydrogen (secondary N) is 2. The predicted molar refractivity (Wildman–Crippen MR) is 154 cm³/mol. The van der Waals surface area contributed by atoms with Crippen LogP contribution in [0.3, 0.4) is 0 Å². The fraction of sp³-hybridized carbons (Fsp3) is 0.312. The molecular formula is C32H34ClN3O3. The monoisotopic (exact) mass is 543 g/mol. The zero-order valence-corrected chi connectivity index (χ0v) is 23.0. The molecule has 1 heterocycles. The van der Waals surface area contributed by atoms with Gasteiger partial charge in [0.15, 0.2) is 0 Å². The van der Waals surface area contributed by atoms with E-state index < -0.39 is 5.38 Å². The highest BCUT2D eigenvalue weighted by Crippen LogP contribution is 2.30. The van der Waals surface area contributed by atoms with Gasteiger partial charge in [-0.15, -0.1) is 11.6 Å². The van der Waals surface area contributed by atoms with Crippen LogP contribution >= 0.6 is 11.6 Å². The quantitative estimate of drug-likeness (QED) is 0.268. The van der Waals surface area contributed by atoms with Gasteiger partial charge in [0.2, 0.25) is 5.91 Å². The Balaban J connectivity index is 1.39. The van der Waals surface area contributed by atoms with E-state index in [2.05, 4.69) is 54.8 Å². The third-order valence-electron chi connectivity index (χ3n) is 6.94. The molecule has 202 valence electrons. The van der Waals surface area contributed by atoms with Crippen LogP contribution in [0.1, 0.15) is 59.6 Å². The molecule has 0 bridgehead atoms. The topological polar surface area (TPSA) is 98.3 Å². The van der Waals surface area contributed by atoms with Gasteiger partial charge in [0.05, 0.1) is 23.6 Å². The van der Waals surface area contributed by atoms with Crippen molar-refractivity contribution < 1.29 is 14.3 Å². The van der Waals surface area contributed by atoms with Gasteiger partial charge in [0.25, 0.3) is 0 Å². The van der Waals surface area contributed by atoms with Crippen LogP contribution in [0.2, 0.25) is 0 Å². The first-order chi connectivity index (χ1) is 18.9. The highest BCUT2D eigenvalue weighted by atomic mass is 35.5. The first-order valence-corrected chi connectivity index (χ1v) is 13.7. The molecule has 0 radical (unpaired) electrons. The molecule has 0 saturated carbocycles. The summed E-state index contributed by atoms with van der Waals surface area (Å²) in [5.74, 6) is 1.24. The number of benzene rings is 2. The molecule has 1 aromatic heterocycles. The number of hydrogen-bond acceptors (Lipinski definition) is 5. The summed E-state index contributed by atoms with van der Waals surface area (Å²) in [6.07, 6.45) is 5.23. The van der Waals surface area contributed by atoms with E-state index >= 15 is 0 Å². The second-order valence-electron chi connectivity index (χ2n) is 9.94. The Morgan fingerprint density at radius 1 is 1.15 bits per heavy atom. The van der Waals surface area contributed by atoms with Crippen LogP contribution in [-0.4, -0.2) is 29.0 Å². The summed E-state index contributed by atoms with van der Waals surface area (Å²) in [5.41, 5.74) is 5.30. The van der Waals surface area contributed by atoms with Gasteiger partial charge in [-0.1, -0.05) is 48.0 Å². The van der Waals surface area contributed by atoms with Crippen molar-refractivity contribution in [3.05, 3.63) is 112 Å². The SMILES string of the molecule is Cc1ccc([C@@H](C)NCc2ccc(C3=CCC(Cl)C(C(=O)N[C@@H](CCO)Cc4ccc(C#N)cc4)=C3)o2)cc1. The molecule has 6 nitrogen and oxygen atoms in total. The second kappa shape index (κ2) is 13.4. The number of nitriles is 1. The molecule has 3 atom stereocenters. The number of furan rings is 1. The first-order valence-electron chi connectivity index (χ1n) is 13.2. The Labute approximate surface area is 235 Å². The number of allylic oxidation sites excluding steroid dienone is 3. The summed E-state index contributed by atoms with van der Waals surface area (Å²) in [6, 6.07) is 21.6. The predicted octanol–water partition coefficient (Wildman–Crippen LogP) is 5.74. The molecule has 1 aliphatic rings. The minimum Gasteiger partial charge on any atom is -0.460 e. The third kappa shape index (κ3) is 7.70. The number of carbonyl (C=O) groups excluding carboxylic acids is 1. The van der Waals surface area contributed by atoms with E-state index in [0.29, 0.717) is 42.7 Å². The Morgan fingerprint density at radius 2 is 1.90 bits per heavy atom. The highest BCUT2D eigenvalue weighted by Gasteiger charge is 2.25. The van der Waals surface area contributed by atoms with Gasteiger partial charge in [-0.05, 0) is 74.6 Å². The summed E-state index contributed by atoms with van der Waals surface area (Å²) < 4.78 is 6.10. The van der Waals surface area contributed by atoms with E-state index in [1.165, 1.54) is 11.1 Å². The molecule has 2 aromatic carbocycles. The van der Waals surface area contributed by atoms with Gasteiger partial charge < -0.3 is 20.2 Å². The van der Waals surface area contributed by atoms with Gasteiger partial charge in [0.1, 0.15) is 11.5 Å². The molecule has 0 aliphatic heterocycles. The molecule has 0 saturated heterocycles. The van der Waals surface area contributed by atoms with E-state index in [4.69, 9.17) is 21.3 Å². The number of aliphatic hydroxyl groups is 1. The van der Waals surface area contributed by atoms with Crippen LogP contribution in [0.4, 0.5) is 0 Å². The van der Waals surface area contributed by atoms with Crippen LogP contribution in [-0.2, 0) is 17.8 Å². The van der Waals surface area contributed by atoms with E-state index in [1.54, 1.807) is 18.2 Å². The molecule has 1 unspecified atom stereocenters. The Morgan fingerprint density at radius 3 is 2.59 bits per heavy atom. The lowest BCUT2D eigenvalue weighted by molar-refractivity contribution is -0.118. The van der Waals surface area contributed by atoms with Gasteiger partial charge in [-0.3, -0.25) is 4.79 Å². The fourth-order valence-corrected chi connectivity index (χ4v) is 4.81. The molecule has 1 aliphatic carbocycles. The molecule has 39 heavy (non-hydrogen) atoms. The van der Waals surface area contributed by atoms with Crippen molar-refractivity contribution in [3.8, 4) is 6.07 Å². The number of aliphatic hydroxyl groups excluding tert-OH is 1. The van der Waals surface area contributed by atoms with Crippen LogP contribution in [0, 0.1) is 18.3 Å².